The van der Waals surface area contributed by atoms with Crippen LogP contribution in [0.1, 0.15) is 26.5 Å². The highest BCUT2D eigenvalue weighted by atomic mass is 16.2. The first-order valence-electron chi connectivity index (χ1n) is 8.67. The van der Waals surface area contributed by atoms with Gasteiger partial charge in [-0.3, -0.25) is 19.6 Å². The maximum absolute atomic E-state index is 12.5. The minimum atomic E-state index is -0.283. The lowest BCUT2D eigenvalue weighted by Gasteiger charge is -2.19. The van der Waals surface area contributed by atoms with Gasteiger partial charge >= 0.3 is 0 Å². The third-order valence-corrected chi connectivity index (χ3v) is 3.96. The summed E-state index contributed by atoms with van der Waals surface area (Å²) in [5, 5.41) is 5.79. The molecule has 1 atom stereocenters. The lowest BCUT2D eigenvalue weighted by Crippen LogP contribution is -2.45. The highest BCUT2D eigenvalue weighted by Crippen LogP contribution is 2.05. The van der Waals surface area contributed by atoms with Crippen molar-refractivity contribution in [3.63, 3.8) is 0 Å². The molecule has 0 bridgehead atoms. The number of pyridine rings is 2. The molecule has 0 saturated heterocycles. The minimum absolute atomic E-state index is 0.274. The Morgan fingerprint density at radius 3 is 1.96 bits per heavy atom. The van der Waals surface area contributed by atoms with Gasteiger partial charge in [-0.25, -0.2) is 0 Å². The number of carbonyl (C=O) groups is 2. The Kier molecular flexibility index (Phi) is 6.25. The third-order valence-electron chi connectivity index (χ3n) is 3.96. The van der Waals surface area contributed by atoms with E-state index in [-0.39, 0.29) is 24.4 Å². The molecule has 0 aliphatic carbocycles. The first-order valence-corrected chi connectivity index (χ1v) is 8.67. The van der Waals surface area contributed by atoms with Gasteiger partial charge in [-0.15, -0.1) is 0 Å². The van der Waals surface area contributed by atoms with E-state index in [1.807, 2.05) is 30.3 Å². The molecule has 2 N–H and O–H groups in total. The molecule has 27 heavy (non-hydrogen) atoms. The van der Waals surface area contributed by atoms with E-state index in [2.05, 4.69) is 20.6 Å². The molecule has 1 aromatic carbocycles. The van der Waals surface area contributed by atoms with Gasteiger partial charge in [0.1, 0.15) is 11.4 Å². The predicted octanol–water partition coefficient (Wildman–Crippen LogP) is 2.25. The molecule has 2 amide bonds. The largest absolute Gasteiger partial charge is 0.349 e. The van der Waals surface area contributed by atoms with Crippen LogP contribution in [-0.2, 0) is 6.42 Å². The Bertz CT molecular complexity index is 870. The summed E-state index contributed by atoms with van der Waals surface area (Å²) in [4.78, 5) is 32.8. The minimum Gasteiger partial charge on any atom is -0.349 e. The maximum atomic E-state index is 12.5. The zero-order valence-electron chi connectivity index (χ0n) is 14.7. The van der Waals surface area contributed by atoms with E-state index in [4.69, 9.17) is 0 Å². The predicted molar refractivity (Wildman–Crippen MR) is 102 cm³/mol. The Hall–Kier alpha value is -3.54. The van der Waals surface area contributed by atoms with Gasteiger partial charge in [-0.05, 0) is 36.2 Å². The van der Waals surface area contributed by atoms with Crippen LogP contribution in [0.15, 0.2) is 79.1 Å². The molecule has 0 radical (unpaired) electrons. The summed E-state index contributed by atoms with van der Waals surface area (Å²) in [7, 11) is 0. The van der Waals surface area contributed by atoms with Crippen LogP contribution in [0.3, 0.4) is 0 Å². The Morgan fingerprint density at radius 1 is 0.778 bits per heavy atom. The van der Waals surface area contributed by atoms with Crippen LogP contribution in [0.25, 0.3) is 0 Å². The van der Waals surface area contributed by atoms with Crippen molar-refractivity contribution in [2.24, 2.45) is 0 Å². The topological polar surface area (TPSA) is 84.0 Å². The van der Waals surface area contributed by atoms with Gasteiger partial charge in [-0.1, -0.05) is 42.5 Å². The molecule has 0 fully saturated rings. The highest BCUT2D eigenvalue weighted by molar-refractivity contribution is 5.93. The number of rotatable bonds is 7. The summed E-state index contributed by atoms with van der Waals surface area (Å²) in [5.41, 5.74) is 1.74. The van der Waals surface area contributed by atoms with E-state index in [0.717, 1.165) is 5.56 Å². The van der Waals surface area contributed by atoms with Crippen molar-refractivity contribution in [3.05, 3.63) is 96.1 Å². The molecule has 2 aromatic heterocycles. The summed E-state index contributed by atoms with van der Waals surface area (Å²) < 4.78 is 0. The Morgan fingerprint density at radius 2 is 1.37 bits per heavy atom. The first kappa shape index (κ1) is 18.3. The van der Waals surface area contributed by atoms with Crippen LogP contribution in [-0.4, -0.2) is 34.4 Å². The lowest BCUT2D eigenvalue weighted by molar-refractivity contribution is 0.0903. The van der Waals surface area contributed by atoms with Crippen LogP contribution >= 0.6 is 0 Å². The number of aromatic nitrogens is 2. The van der Waals surface area contributed by atoms with Crippen molar-refractivity contribution in [1.29, 1.82) is 0 Å². The summed E-state index contributed by atoms with van der Waals surface area (Å²) in [6.07, 6.45) is 3.73. The average Bonchev–Trinajstić information content (AvgIpc) is 2.73. The van der Waals surface area contributed by atoms with Gasteiger partial charge in [0.2, 0.25) is 0 Å². The second-order valence-corrected chi connectivity index (χ2v) is 6.00. The van der Waals surface area contributed by atoms with E-state index < -0.39 is 0 Å². The van der Waals surface area contributed by atoms with E-state index in [9.17, 15) is 9.59 Å². The van der Waals surface area contributed by atoms with Crippen LogP contribution in [0, 0.1) is 0 Å². The lowest BCUT2D eigenvalue weighted by atomic mass is 10.1. The molecule has 6 heteroatoms. The van der Waals surface area contributed by atoms with Gasteiger partial charge < -0.3 is 10.6 Å². The second-order valence-electron chi connectivity index (χ2n) is 6.00. The smallest absolute Gasteiger partial charge is 0.270 e. The van der Waals surface area contributed by atoms with Crippen LogP contribution in [0.5, 0.6) is 0 Å². The zero-order valence-corrected chi connectivity index (χ0v) is 14.7. The SMILES string of the molecule is O=C(NC[C@H](Cc1ccccc1)NC(=O)c1ccccn1)c1ccccn1. The maximum Gasteiger partial charge on any atom is 0.270 e. The van der Waals surface area contributed by atoms with Crippen LogP contribution in [0.2, 0.25) is 0 Å². The molecule has 2 heterocycles. The number of carbonyl (C=O) groups excluding carboxylic acids is 2. The van der Waals surface area contributed by atoms with Crippen molar-refractivity contribution in [3.8, 4) is 0 Å². The summed E-state index contributed by atoms with van der Waals surface area (Å²) in [6.45, 7) is 0.281. The fourth-order valence-corrected chi connectivity index (χ4v) is 2.63. The molecule has 0 aliphatic rings. The molecule has 3 aromatic rings. The van der Waals surface area contributed by atoms with Crippen molar-refractivity contribution in [2.75, 3.05) is 6.54 Å². The first-order chi connectivity index (χ1) is 13.2. The molecule has 0 saturated carbocycles. The number of hydrogen-bond donors (Lipinski definition) is 2. The third kappa shape index (κ3) is 5.47. The monoisotopic (exact) mass is 360 g/mol. The number of hydrogen-bond acceptors (Lipinski definition) is 4. The molecule has 0 spiro atoms. The Labute approximate surface area is 157 Å². The average molecular weight is 360 g/mol. The van der Waals surface area contributed by atoms with Crippen molar-refractivity contribution >= 4 is 11.8 Å². The van der Waals surface area contributed by atoms with Crippen LogP contribution in [0.4, 0.5) is 0 Å². The Balaban J connectivity index is 1.67. The van der Waals surface area contributed by atoms with Crippen molar-refractivity contribution in [2.45, 2.75) is 12.5 Å². The molecular weight excluding hydrogens is 340 g/mol. The molecule has 136 valence electrons. The number of amides is 2. The summed E-state index contributed by atoms with van der Waals surface area (Å²) in [5.74, 6) is -0.552. The molecule has 6 nitrogen and oxygen atoms in total. The van der Waals surface area contributed by atoms with Crippen LogP contribution < -0.4 is 10.6 Å². The van der Waals surface area contributed by atoms with Gasteiger partial charge in [-0.2, -0.15) is 0 Å². The molecule has 3 rings (SSSR count). The molecular formula is C21H20N4O2. The zero-order chi connectivity index (χ0) is 18.9. The normalized spacial score (nSPS) is 11.4. The summed E-state index contributed by atoms with van der Waals surface area (Å²) >= 11 is 0. The van der Waals surface area contributed by atoms with E-state index in [1.54, 1.807) is 48.8 Å². The van der Waals surface area contributed by atoms with E-state index in [1.165, 1.54) is 0 Å². The van der Waals surface area contributed by atoms with E-state index >= 15 is 0 Å². The van der Waals surface area contributed by atoms with Crippen molar-refractivity contribution in [1.82, 2.24) is 20.6 Å². The number of nitrogens with zero attached hydrogens (tertiary/aromatic N) is 2. The van der Waals surface area contributed by atoms with Gasteiger partial charge in [0.05, 0.1) is 6.04 Å². The summed E-state index contributed by atoms with van der Waals surface area (Å²) in [6, 6.07) is 19.8. The van der Waals surface area contributed by atoms with E-state index in [0.29, 0.717) is 17.8 Å². The quantitative estimate of drug-likeness (QED) is 0.677. The molecule has 0 unspecified atom stereocenters. The molecule has 0 aliphatic heterocycles. The second kappa shape index (κ2) is 9.24. The number of benzene rings is 1. The van der Waals surface area contributed by atoms with Crippen molar-refractivity contribution < 1.29 is 9.59 Å². The van der Waals surface area contributed by atoms with Gasteiger partial charge in [0.15, 0.2) is 0 Å². The highest BCUT2D eigenvalue weighted by Gasteiger charge is 2.17. The fourth-order valence-electron chi connectivity index (χ4n) is 2.63. The standard InChI is InChI=1S/C21H20N4O2/c26-20(18-10-4-6-12-22-18)24-15-17(14-16-8-2-1-3-9-16)25-21(27)19-11-5-7-13-23-19/h1-13,17H,14-15H2,(H,24,26)(H,25,27)/t17-/m0/s1. The fraction of sp³-hybridized carbons (Fsp3) is 0.143. The number of nitrogens with one attached hydrogen (secondary N) is 2. The van der Waals surface area contributed by atoms with Gasteiger partial charge in [0.25, 0.3) is 11.8 Å². The van der Waals surface area contributed by atoms with Gasteiger partial charge in [0, 0.05) is 18.9 Å².